The van der Waals surface area contributed by atoms with Crippen LogP contribution in [-0.2, 0) is 14.3 Å². The van der Waals surface area contributed by atoms with Gasteiger partial charge >= 0.3 is 6.09 Å². The van der Waals surface area contributed by atoms with Gasteiger partial charge in [0.2, 0.25) is 5.91 Å². The second kappa shape index (κ2) is 17.8. The Kier molecular flexibility index (Phi) is 15.0. The molecule has 0 spiro atoms. The van der Waals surface area contributed by atoms with E-state index in [2.05, 4.69) is 17.6 Å². The van der Waals surface area contributed by atoms with Crippen molar-refractivity contribution in [3.8, 4) is 0 Å². The minimum atomic E-state index is -0.870. The Labute approximate surface area is 257 Å². The van der Waals surface area contributed by atoms with Gasteiger partial charge in [0, 0.05) is 12.2 Å². The zero-order valence-corrected chi connectivity index (χ0v) is 27.4. The van der Waals surface area contributed by atoms with Crippen LogP contribution in [0, 0.1) is 13.8 Å². The van der Waals surface area contributed by atoms with Crippen molar-refractivity contribution >= 4 is 35.4 Å². The first-order chi connectivity index (χ1) is 20.0. The molecule has 2 N–H and O–H groups in total. The molecule has 0 aliphatic carbocycles. The zero-order valence-electron chi connectivity index (χ0n) is 26.6. The van der Waals surface area contributed by atoms with Crippen molar-refractivity contribution in [1.82, 2.24) is 10.2 Å². The van der Waals surface area contributed by atoms with Crippen molar-refractivity contribution in [3.63, 3.8) is 0 Å². The summed E-state index contributed by atoms with van der Waals surface area (Å²) in [5.41, 5.74) is 2.68. The molecule has 2 aromatic carbocycles. The molecule has 8 heteroatoms. The van der Waals surface area contributed by atoms with E-state index in [9.17, 15) is 14.4 Å². The zero-order chi connectivity index (χ0) is 31.1. The van der Waals surface area contributed by atoms with Gasteiger partial charge in [-0.15, -0.1) is 0 Å². The minimum absolute atomic E-state index is 0.279. The third-order valence-electron chi connectivity index (χ3n) is 7.04. The molecule has 0 aromatic heterocycles. The van der Waals surface area contributed by atoms with Crippen LogP contribution in [0.4, 0.5) is 10.5 Å². The molecule has 0 bridgehead atoms. The number of carbonyl (C=O) groups excluding carboxylic acids is 3. The molecule has 2 rings (SSSR count). The van der Waals surface area contributed by atoms with Crippen LogP contribution in [0.5, 0.6) is 0 Å². The molecule has 0 saturated heterocycles. The molecular weight excluding hydrogens is 546 g/mol. The number of anilines is 1. The summed E-state index contributed by atoms with van der Waals surface area (Å²) in [5, 5.41) is 5.96. The van der Waals surface area contributed by atoms with E-state index < -0.39 is 23.8 Å². The lowest BCUT2D eigenvalue weighted by molar-refractivity contribution is -0.141. The smallest absolute Gasteiger partial charge is 0.408 e. The predicted octanol–water partition coefficient (Wildman–Crippen LogP) is 7.82. The van der Waals surface area contributed by atoms with E-state index in [1.807, 2.05) is 68.6 Å². The highest BCUT2D eigenvalue weighted by Gasteiger charge is 2.36. The third kappa shape index (κ3) is 11.7. The molecule has 42 heavy (non-hydrogen) atoms. The number of benzene rings is 2. The fourth-order valence-corrected chi connectivity index (χ4v) is 5.35. The normalized spacial score (nSPS) is 12.7. The first-order valence-electron chi connectivity index (χ1n) is 15.2. The molecule has 2 atom stereocenters. The van der Waals surface area contributed by atoms with E-state index >= 15 is 0 Å². The number of nitrogens with zero attached hydrogens (tertiary/aromatic N) is 1. The lowest BCUT2D eigenvalue weighted by atomic mass is 10.0. The molecule has 3 amide bonds. The number of ether oxygens (including phenoxy) is 1. The summed E-state index contributed by atoms with van der Waals surface area (Å²) in [7, 11) is 0. The van der Waals surface area contributed by atoms with Gasteiger partial charge in [0.25, 0.3) is 5.91 Å². The minimum Gasteiger partial charge on any atom is -0.444 e. The SMILES string of the molecule is CCCCCCCCN(C(=O)C(CCSC)NC(=O)OC(C)(C)C)C(C(=O)Nc1c(C)cccc1C)c1ccccc1. The van der Waals surface area contributed by atoms with Gasteiger partial charge in [-0.2, -0.15) is 11.8 Å². The van der Waals surface area contributed by atoms with Gasteiger partial charge in [-0.1, -0.05) is 87.6 Å². The molecule has 0 radical (unpaired) electrons. The summed E-state index contributed by atoms with van der Waals surface area (Å²) in [6.45, 7) is 11.9. The van der Waals surface area contributed by atoms with E-state index in [0.29, 0.717) is 18.7 Å². The van der Waals surface area contributed by atoms with Crippen molar-refractivity contribution in [2.45, 2.75) is 104 Å². The van der Waals surface area contributed by atoms with Crippen LogP contribution in [0.1, 0.15) is 95.4 Å². The predicted molar refractivity (Wildman–Crippen MR) is 175 cm³/mol. The number of alkyl carbamates (subject to hydrolysis) is 1. The Morgan fingerprint density at radius 3 is 2.12 bits per heavy atom. The maximum atomic E-state index is 14.4. The van der Waals surface area contributed by atoms with Crippen molar-refractivity contribution in [1.29, 1.82) is 0 Å². The van der Waals surface area contributed by atoms with Gasteiger partial charge < -0.3 is 20.3 Å². The van der Waals surface area contributed by atoms with E-state index in [1.54, 1.807) is 37.4 Å². The monoisotopic (exact) mass is 597 g/mol. The number of rotatable bonds is 16. The second-order valence-corrected chi connectivity index (χ2v) is 12.8. The lowest BCUT2D eigenvalue weighted by Crippen LogP contribution is -2.52. The first kappa shape index (κ1) is 35.2. The van der Waals surface area contributed by atoms with Crippen LogP contribution >= 0.6 is 11.8 Å². The van der Waals surface area contributed by atoms with E-state index in [-0.39, 0.29) is 11.8 Å². The Morgan fingerprint density at radius 1 is 0.905 bits per heavy atom. The van der Waals surface area contributed by atoms with E-state index in [4.69, 9.17) is 4.74 Å². The summed E-state index contributed by atoms with van der Waals surface area (Å²) in [6, 6.07) is 13.6. The van der Waals surface area contributed by atoms with Gasteiger partial charge in [0.15, 0.2) is 0 Å². The molecule has 0 aliphatic heterocycles. The van der Waals surface area contributed by atoms with Crippen molar-refractivity contribution in [3.05, 3.63) is 65.2 Å². The summed E-state index contributed by atoms with van der Waals surface area (Å²) in [4.78, 5) is 43.0. The molecule has 0 aliphatic rings. The number of hydrogen-bond acceptors (Lipinski definition) is 5. The van der Waals surface area contributed by atoms with Crippen LogP contribution in [0.25, 0.3) is 0 Å². The molecule has 0 saturated carbocycles. The summed E-state index contributed by atoms with van der Waals surface area (Å²) in [5.74, 6) is 0.106. The Hall–Kier alpha value is -3.00. The average Bonchev–Trinajstić information content (AvgIpc) is 2.93. The number of aryl methyl sites for hydroxylation is 2. The molecule has 232 valence electrons. The molecular formula is C34H51N3O4S. The fourth-order valence-electron chi connectivity index (χ4n) is 4.88. The number of unbranched alkanes of at least 4 members (excludes halogenated alkanes) is 5. The number of thioether (sulfide) groups is 1. The Balaban J connectivity index is 2.49. The van der Waals surface area contributed by atoms with Crippen molar-refractivity contribution in [2.24, 2.45) is 0 Å². The number of carbonyl (C=O) groups is 3. The summed E-state index contributed by atoms with van der Waals surface area (Å²) < 4.78 is 5.51. The van der Waals surface area contributed by atoms with Crippen LogP contribution in [-0.4, -0.2) is 53.0 Å². The maximum Gasteiger partial charge on any atom is 0.408 e. The van der Waals surface area contributed by atoms with Gasteiger partial charge in [-0.25, -0.2) is 4.79 Å². The summed E-state index contributed by atoms with van der Waals surface area (Å²) >= 11 is 1.60. The third-order valence-corrected chi connectivity index (χ3v) is 7.68. The molecule has 2 unspecified atom stereocenters. The van der Waals surface area contributed by atoms with E-state index in [0.717, 1.165) is 54.5 Å². The van der Waals surface area contributed by atoms with Crippen LogP contribution in [0.15, 0.2) is 48.5 Å². The largest absolute Gasteiger partial charge is 0.444 e. The van der Waals surface area contributed by atoms with Gasteiger partial charge in [-0.3, -0.25) is 9.59 Å². The molecule has 2 aromatic rings. The van der Waals surface area contributed by atoms with E-state index in [1.165, 1.54) is 6.42 Å². The van der Waals surface area contributed by atoms with Crippen molar-refractivity contribution in [2.75, 3.05) is 23.9 Å². The number of para-hydroxylation sites is 1. The topological polar surface area (TPSA) is 87.7 Å². The number of amides is 3. The number of nitrogens with one attached hydrogen (secondary N) is 2. The highest BCUT2D eigenvalue weighted by Crippen LogP contribution is 2.28. The summed E-state index contributed by atoms with van der Waals surface area (Å²) in [6.07, 6.45) is 8.03. The van der Waals surface area contributed by atoms with Gasteiger partial charge in [-0.05, 0) is 76.2 Å². The van der Waals surface area contributed by atoms with Crippen LogP contribution < -0.4 is 10.6 Å². The molecule has 0 fully saturated rings. The highest BCUT2D eigenvalue weighted by atomic mass is 32.2. The standard InChI is InChI=1S/C34H51N3O4S/c1-8-9-10-11-12-16-23-37(32(39)28(22-24-42-7)35-33(40)41-34(4,5)6)30(27-20-14-13-15-21-27)31(38)36-29-25(2)18-17-19-26(29)3/h13-15,17-21,28,30H,8-12,16,22-24H2,1-7H3,(H,35,40)(H,36,38). The second-order valence-electron chi connectivity index (χ2n) is 11.8. The quantitative estimate of drug-likeness (QED) is 0.193. The highest BCUT2D eigenvalue weighted by molar-refractivity contribution is 7.98. The van der Waals surface area contributed by atoms with Crippen molar-refractivity contribution < 1.29 is 19.1 Å². The fraction of sp³-hybridized carbons (Fsp3) is 0.559. The van der Waals surface area contributed by atoms with Gasteiger partial charge in [0.05, 0.1) is 0 Å². The molecule has 0 heterocycles. The first-order valence-corrected chi connectivity index (χ1v) is 16.6. The Bertz CT molecular complexity index is 1110. The lowest BCUT2D eigenvalue weighted by Gasteiger charge is -2.35. The molecule has 7 nitrogen and oxygen atoms in total. The number of hydrogen-bond donors (Lipinski definition) is 2. The van der Waals surface area contributed by atoms with Crippen LogP contribution in [0.2, 0.25) is 0 Å². The van der Waals surface area contributed by atoms with Crippen LogP contribution in [0.3, 0.4) is 0 Å². The van der Waals surface area contributed by atoms with Gasteiger partial charge in [0.1, 0.15) is 17.7 Å². The Morgan fingerprint density at radius 2 is 1.52 bits per heavy atom. The average molecular weight is 598 g/mol. The maximum absolute atomic E-state index is 14.4.